The van der Waals surface area contributed by atoms with Gasteiger partial charge >= 0.3 is 6.18 Å². The maximum absolute atomic E-state index is 13.9. The highest BCUT2D eigenvalue weighted by atomic mass is 19.4. The summed E-state index contributed by atoms with van der Waals surface area (Å²) in [7, 11) is 0. The van der Waals surface area contributed by atoms with E-state index in [1.807, 2.05) is 30.3 Å². The van der Waals surface area contributed by atoms with Crippen LogP contribution >= 0.6 is 0 Å². The van der Waals surface area contributed by atoms with Gasteiger partial charge in [0.15, 0.2) is 6.04 Å². The number of alkyl halides is 3. The molecule has 2 aliphatic heterocycles. The number of fused-ring (bicyclic) bond motifs is 3. The molecule has 2 atom stereocenters. The summed E-state index contributed by atoms with van der Waals surface area (Å²) in [6.45, 7) is 2.76. The lowest BCUT2D eigenvalue weighted by Crippen LogP contribution is -2.29. The van der Waals surface area contributed by atoms with Crippen LogP contribution in [0.1, 0.15) is 61.9 Å². The van der Waals surface area contributed by atoms with Crippen molar-refractivity contribution < 1.29 is 13.2 Å². The molecule has 0 bridgehead atoms. The lowest BCUT2D eigenvalue weighted by atomic mass is 9.92. The van der Waals surface area contributed by atoms with E-state index in [0.29, 0.717) is 30.4 Å². The molecule has 1 aliphatic carbocycles. The van der Waals surface area contributed by atoms with Crippen molar-refractivity contribution in [3.63, 3.8) is 0 Å². The quantitative estimate of drug-likeness (QED) is 0.738. The van der Waals surface area contributed by atoms with Crippen LogP contribution in [0.15, 0.2) is 35.3 Å². The van der Waals surface area contributed by atoms with E-state index in [1.54, 1.807) is 0 Å². The number of piperidine rings is 1. The number of imidazole rings is 1. The zero-order chi connectivity index (χ0) is 20.7. The Kier molecular flexibility index (Phi) is 5.17. The maximum atomic E-state index is 13.9. The second-order valence-corrected chi connectivity index (χ2v) is 8.72. The normalized spacial score (nSPS) is 24.4. The van der Waals surface area contributed by atoms with Crippen LogP contribution in [0, 0.1) is 5.92 Å². The average Bonchev–Trinajstić information content (AvgIpc) is 3.36. The Labute approximate surface area is 174 Å². The van der Waals surface area contributed by atoms with Crippen molar-refractivity contribution in [2.24, 2.45) is 10.9 Å². The maximum Gasteiger partial charge on any atom is 0.416 e. The fourth-order valence-electron chi connectivity index (χ4n) is 5.30. The van der Waals surface area contributed by atoms with Gasteiger partial charge in [-0.25, -0.2) is 4.98 Å². The van der Waals surface area contributed by atoms with Crippen molar-refractivity contribution in [1.82, 2.24) is 14.9 Å². The molecule has 2 unspecified atom stereocenters. The Bertz CT molecular complexity index is 926. The number of aromatic nitrogens is 2. The first kappa shape index (κ1) is 19.8. The number of benzene rings is 1. The molecule has 0 radical (unpaired) electrons. The van der Waals surface area contributed by atoms with Gasteiger partial charge in [0.25, 0.3) is 0 Å². The van der Waals surface area contributed by atoms with Gasteiger partial charge in [-0.3, -0.25) is 4.99 Å². The standard InChI is InChI=1S/C23H27F3N4/c24-23(25,26)21-19-20(17-7-4-8-18(17)28-21)30(14-11-15-9-12-27-13-10-15)22(29-19)16-5-2-1-3-6-16/h1-3,5-6,15,17,21,27H,4,7-14H2. The molecule has 4 nitrogen and oxygen atoms in total. The SMILES string of the molecule is FC(F)(F)C1N=C2CCCC2c2c1nc(-c1ccccc1)n2CCC1CCNCC1. The van der Waals surface area contributed by atoms with Crippen LogP contribution < -0.4 is 5.32 Å². The molecular formula is C23H27F3N4. The van der Waals surface area contributed by atoms with Gasteiger partial charge in [-0.1, -0.05) is 30.3 Å². The van der Waals surface area contributed by atoms with Crippen molar-refractivity contribution in [3.8, 4) is 11.4 Å². The Balaban J connectivity index is 1.60. The zero-order valence-corrected chi connectivity index (χ0v) is 17.0. The highest BCUT2D eigenvalue weighted by molar-refractivity contribution is 5.94. The number of nitrogens with one attached hydrogen (secondary N) is 1. The monoisotopic (exact) mass is 416 g/mol. The number of nitrogens with zero attached hydrogens (tertiary/aromatic N) is 3. The summed E-state index contributed by atoms with van der Waals surface area (Å²) in [5, 5.41) is 3.39. The third-order valence-electron chi connectivity index (χ3n) is 6.81. The molecule has 0 amide bonds. The second kappa shape index (κ2) is 7.84. The van der Waals surface area contributed by atoms with E-state index < -0.39 is 12.2 Å². The Hall–Kier alpha value is -2.15. The number of aliphatic imine (C=N–C) groups is 1. The largest absolute Gasteiger partial charge is 0.416 e. The predicted molar refractivity (Wildman–Crippen MR) is 111 cm³/mol. The predicted octanol–water partition coefficient (Wildman–Crippen LogP) is 5.27. The molecular weight excluding hydrogens is 389 g/mol. The number of hydrogen-bond donors (Lipinski definition) is 1. The topological polar surface area (TPSA) is 42.2 Å². The molecule has 1 saturated carbocycles. The Morgan fingerprint density at radius 2 is 1.83 bits per heavy atom. The lowest BCUT2D eigenvalue weighted by Gasteiger charge is -2.28. The number of hydrogen-bond acceptors (Lipinski definition) is 3. The molecule has 30 heavy (non-hydrogen) atoms. The molecule has 2 aromatic rings. The van der Waals surface area contributed by atoms with Crippen LogP contribution in [0.5, 0.6) is 0 Å². The summed E-state index contributed by atoms with van der Waals surface area (Å²) in [5.41, 5.74) is 2.49. The molecule has 160 valence electrons. The van der Waals surface area contributed by atoms with Crippen molar-refractivity contribution >= 4 is 5.71 Å². The smallest absolute Gasteiger partial charge is 0.327 e. The third-order valence-corrected chi connectivity index (χ3v) is 6.81. The first-order chi connectivity index (χ1) is 14.5. The zero-order valence-electron chi connectivity index (χ0n) is 17.0. The minimum atomic E-state index is -4.42. The van der Waals surface area contributed by atoms with E-state index in [-0.39, 0.29) is 11.6 Å². The molecule has 7 heteroatoms. The van der Waals surface area contributed by atoms with Crippen LogP contribution in [-0.4, -0.2) is 34.5 Å². The molecule has 1 aromatic heterocycles. The summed E-state index contributed by atoms with van der Waals surface area (Å²) >= 11 is 0. The minimum absolute atomic E-state index is 0.0171. The van der Waals surface area contributed by atoms with Gasteiger partial charge in [0.05, 0.1) is 11.4 Å². The molecule has 3 aliphatic rings. The van der Waals surface area contributed by atoms with E-state index in [9.17, 15) is 13.2 Å². The van der Waals surface area contributed by atoms with Gasteiger partial charge in [-0.05, 0) is 57.5 Å². The summed E-state index contributed by atoms with van der Waals surface area (Å²) < 4.78 is 43.9. The van der Waals surface area contributed by atoms with Crippen LogP contribution in [0.4, 0.5) is 13.2 Å². The molecule has 5 rings (SSSR count). The van der Waals surface area contributed by atoms with Crippen molar-refractivity contribution in [3.05, 3.63) is 41.7 Å². The second-order valence-electron chi connectivity index (χ2n) is 8.72. The van der Waals surface area contributed by atoms with E-state index in [2.05, 4.69) is 19.9 Å². The molecule has 1 aromatic carbocycles. The van der Waals surface area contributed by atoms with E-state index in [1.165, 1.54) is 0 Å². The molecule has 1 N–H and O–H groups in total. The fraction of sp³-hybridized carbons (Fsp3) is 0.565. The highest BCUT2D eigenvalue weighted by Crippen LogP contribution is 2.48. The van der Waals surface area contributed by atoms with E-state index in [4.69, 9.17) is 0 Å². The molecule has 1 saturated heterocycles. The molecule has 3 heterocycles. The number of halogens is 3. The van der Waals surface area contributed by atoms with Gasteiger partial charge < -0.3 is 9.88 Å². The van der Waals surface area contributed by atoms with Crippen LogP contribution in [0.25, 0.3) is 11.4 Å². The van der Waals surface area contributed by atoms with Gasteiger partial charge in [0, 0.05) is 23.7 Å². The molecule has 0 spiro atoms. The van der Waals surface area contributed by atoms with Crippen molar-refractivity contribution in [1.29, 1.82) is 0 Å². The van der Waals surface area contributed by atoms with Crippen LogP contribution in [-0.2, 0) is 6.54 Å². The molecule has 2 fully saturated rings. The average molecular weight is 416 g/mol. The van der Waals surface area contributed by atoms with Crippen LogP contribution in [0.2, 0.25) is 0 Å². The van der Waals surface area contributed by atoms with Crippen LogP contribution in [0.3, 0.4) is 0 Å². The first-order valence-electron chi connectivity index (χ1n) is 11.0. The van der Waals surface area contributed by atoms with E-state index >= 15 is 0 Å². The summed E-state index contributed by atoms with van der Waals surface area (Å²) in [5.74, 6) is 1.25. The Morgan fingerprint density at radius 1 is 1.07 bits per heavy atom. The van der Waals surface area contributed by atoms with Gasteiger partial charge in [0.2, 0.25) is 0 Å². The third kappa shape index (κ3) is 3.57. The Morgan fingerprint density at radius 3 is 2.57 bits per heavy atom. The fourth-order valence-corrected chi connectivity index (χ4v) is 5.30. The van der Waals surface area contributed by atoms with Crippen molar-refractivity contribution in [2.45, 2.75) is 63.2 Å². The van der Waals surface area contributed by atoms with Crippen molar-refractivity contribution in [2.75, 3.05) is 13.1 Å². The van der Waals surface area contributed by atoms with E-state index in [0.717, 1.165) is 56.5 Å². The first-order valence-corrected chi connectivity index (χ1v) is 11.0. The minimum Gasteiger partial charge on any atom is -0.327 e. The highest BCUT2D eigenvalue weighted by Gasteiger charge is 2.49. The summed E-state index contributed by atoms with van der Waals surface area (Å²) in [4.78, 5) is 8.78. The van der Waals surface area contributed by atoms with Gasteiger partial charge in [-0.15, -0.1) is 0 Å². The summed E-state index contributed by atoms with van der Waals surface area (Å²) in [6.07, 6.45) is 1.23. The van der Waals surface area contributed by atoms with Gasteiger partial charge in [0.1, 0.15) is 5.82 Å². The summed E-state index contributed by atoms with van der Waals surface area (Å²) in [6, 6.07) is 7.79. The lowest BCUT2D eigenvalue weighted by molar-refractivity contribution is -0.149. The number of rotatable bonds is 4. The van der Waals surface area contributed by atoms with Gasteiger partial charge in [-0.2, -0.15) is 13.2 Å².